The van der Waals surface area contributed by atoms with Crippen molar-refractivity contribution in [2.24, 2.45) is 5.92 Å². The van der Waals surface area contributed by atoms with E-state index in [4.69, 9.17) is 0 Å². The average Bonchev–Trinajstić information content (AvgIpc) is 3.65. The summed E-state index contributed by atoms with van der Waals surface area (Å²) in [4.78, 5) is 105. The number of benzene rings is 8. The van der Waals surface area contributed by atoms with Gasteiger partial charge >= 0.3 is 0 Å². The van der Waals surface area contributed by atoms with E-state index in [0.717, 1.165) is 5.57 Å². The van der Waals surface area contributed by atoms with Crippen molar-refractivity contribution in [3.63, 3.8) is 0 Å². The summed E-state index contributed by atoms with van der Waals surface area (Å²) in [7, 11) is 0. The number of amides is 8. The molecule has 0 fully saturated rings. The molecule has 0 saturated heterocycles. The molecular weight excluding hydrogens is 1080 g/mol. The molecule has 0 saturated carbocycles. The average molecular weight is 1140 g/mol. The first-order chi connectivity index (χ1) is 41.6. The van der Waals surface area contributed by atoms with Gasteiger partial charge in [-0.1, -0.05) is 80.3 Å². The summed E-state index contributed by atoms with van der Waals surface area (Å²) in [6, 6.07) is 56.2. The Kier molecular flexibility index (Phi) is 19.0. The Bertz CT molecular complexity index is 4010. The first kappa shape index (κ1) is 58.9. The molecule has 86 heavy (non-hydrogen) atoms. The number of anilines is 6. The summed E-state index contributed by atoms with van der Waals surface area (Å²) < 4.78 is 0. The highest BCUT2D eigenvalue weighted by Crippen LogP contribution is 2.29. The topological polar surface area (TPSA) is 233 Å². The van der Waals surface area contributed by atoms with E-state index in [2.05, 4.69) is 49.1 Å². The fourth-order valence-electron chi connectivity index (χ4n) is 8.99. The molecule has 1 aliphatic rings. The fraction of sp³-hybridized carbons (Fsp3) is 0.0571. The Morgan fingerprint density at radius 3 is 1.03 bits per heavy atom. The van der Waals surface area contributed by atoms with Gasteiger partial charge in [0.2, 0.25) is 0 Å². The summed E-state index contributed by atoms with van der Waals surface area (Å²) in [5.74, 6) is -3.10. The number of allylic oxidation sites excluding steroid dienone is 7. The minimum atomic E-state index is -0.459. The molecule has 0 radical (unpaired) electrons. The van der Waals surface area contributed by atoms with E-state index in [-0.39, 0.29) is 35.1 Å². The van der Waals surface area contributed by atoms with E-state index >= 15 is 0 Å². The second kappa shape index (κ2) is 27.8. The van der Waals surface area contributed by atoms with Gasteiger partial charge < -0.3 is 42.5 Å². The van der Waals surface area contributed by atoms with Crippen molar-refractivity contribution in [1.29, 1.82) is 0 Å². The molecule has 0 heterocycles. The molecule has 1 aliphatic carbocycles. The third-order valence-corrected chi connectivity index (χ3v) is 13.4. The van der Waals surface area contributed by atoms with Gasteiger partial charge in [0.05, 0.1) is 0 Å². The normalized spacial score (nSPS) is 12.7. The third kappa shape index (κ3) is 15.8. The number of rotatable bonds is 19. The van der Waals surface area contributed by atoms with Crippen LogP contribution in [0.15, 0.2) is 266 Å². The smallest absolute Gasteiger partial charge is 0.255 e. The fourth-order valence-corrected chi connectivity index (χ4v) is 8.99. The van der Waals surface area contributed by atoms with Crippen molar-refractivity contribution in [2.45, 2.75) is 20.3 Å². The van der Waals surface area contributed by atoms with Crippen LogP contribution in [0.25, 0.3) is 0 Å². The summed E-state index contributed by atoms with van der Waals surface area (Å²) in [6.07, 6.45) is 9.85. The summed E-state index contributed by atoms with van der Waals surface area (Å²) in [5.41, 5.74) is 8.05. The highest BCUT2D eigenvalue weighted by atomic mass is 16.2. The molecule has 0 spiro atoms. The molecule has 0 bridgehead atoms. The Morgan fingerprint density at radius 2 is 0.686 bits per heavy atom. The maximum atomic E-state index is 13.6. The van der Waals surface area contributed by atoms with Crippen molar-refractivity contribution in [3.8, 4) is 0 Å². The highest BCUT2D eigenvalue weighted by Gasteiger charge is 2.21. The number of carbonyl (C=O) groups excluding carboxylic acids is 8. The molecule has 1 atom stereocenters. The number of carbonyl (C=O) groups is 8. The van der Waals surface area contributed by atoms with Crippen LogP contribution < -0.4 is 42.5 Å². The van der Waals surface area contributed by atoms with Gasteiger partial charge in [0, 0.05) is 95.6 Å². The van der Waals surface area contributed by atoms with Gasteiger partial charge in [-0.05, 0) is 195 Å². The van der Waals surface area contributed by atoms with Gasteiger partial charge in [0.15, 0.2) is 0 Å². The lowest BCUT2D eigenvalue weighted by Crippen LogP contribution is -2.27. The first-order valence-corrected chi connectivity index (χ1v) is 27.3. The number of hydrogen-bond donors (Lipinski definition) is 8. The molecule has 0 aromatic heterocycles. The van der Waals surface area contributed by atoms with Gasteiger partial charge in [0.1, 0.15) is 0 Å². The van der Waals surface area contributed by atoms with Crippen LogP contribution in [0.3, 0.4) is 0 Å². The van der Waals surface area contributed by atoms with Gasteiger partial charge in [0.25, 0.3) is 47.3 Å². The lowest BCUT2D eigenvalue weighted by molar-refractivity contribution is 0.0957. The first-order valence-electron chi connectivity index (χ1n) is 27.3. The van der Waals surface area contributed by atoms with Crippen LogP contribution in [0.4, 0.5) is 34.1 Å². The third-order valence-electron chi connectivity index (χ3n) is 13.4. The molecule has 0 aliphatic heterocycles. The number of nitrogens with one attached hydrogen (secondary N) is 8. The standard InChI is InChI=1S/C70H58N8O8/c1-4-5-19-62(45(3)71-63(79)46-20-22-49(23-21-46)66(82)74-57-36-38-58(39-37-57)75-67(83)50-26-24-47(25-27-50)64(80)72-55-13-8-6-9-14-55)54-40-44(2)41-61(42-54)78-70(86)53-34-32-52(33-35-53)69(85)77-60-18-12-17-59(43-60)76-68(84)51-30-28-48(29-31-51)65(81)73-56-15-10-7-11-16-56/h4-40,42-44H,3,41H2,1-2H3,(H,71,79)(H,72,80)(H,73,81)(H,74,82)(H,75,83)(H,76,84)(H,77,85)(H,78,86). The molecule has 9 rings (SSSR count). The van der Waals surface area contributed by atoms with Crippen LogP contribution >= 0.6 is 0 Å². The predicted molar refractivity (Wildman–Crippen MR) is 336 cm³/mol. The Balaban J connectivity index is 0.742. The zero-order chi connectivity index (χ0) is 60.5. The molecule has 16 nitrogen and oxygen atoms in total. The maximum Gasteiger partial charge on any atom is 0.255 e. The van der Waals surface area contributed by atoms with Crippen molar-refractivity contribution in [1.82, 2.24) is 10.6 Å². The molecule has 8 amide bonds. The summed E-state index contributed by atoms with van der Waals surface area (Å²) in [6.45, 7) is 8.06. The van der Waals surface area contributed by atoms with Crippen LogP contribution in [0, 0.1) is 5.92 Å². The molecule has 426 valence electrons. The maximum absolute atomic E-state index is 13.6. The van der Waals surface area contributed by atoms with Crippen molar-refractivity contribution in [2.75, 3.05) is 31.9 Å². The SMILES string of the molecule is C=C(NC(=O)c1ccc(C(=O)Nc2ccc(NC(=O)c3ccc(C(=O)Nc4ccccc4)cc3)cc2)cc1)C(=CC=CC)C1=CC(C)CC(NC(=O)c2ccc(C(=O)Nc3cccc(NC(=O)c4ccc(C(=O)Nc5ccccc5)cc4)c3)cc2)=C1. The highest BCUT2D eigenvalue weighted by molar-refractivity contribution is 6.10. The lowest BCUT2D eigenvalue weighted by Gasteiger charge is -2.22. The Hall–Kier alpha value is -11.8. The van der Waals surface area contributed by atoms with Crippen molar-refractivity contribution in [3.05, 3.63) is 310 Å². The quantitative estimate of drug-likeness (QED) is 0.0362. The van der Waals surface area contributed by atoms with Crippen molar-refractivity contribution < 1.29 is 38.4 Å². The van der Waals surface area contributed by atoms with E-state index in [0.29, 0.717) is 96.5 Å². The molecule has 8 N–H and O–H groups in total. The second-order valence-corrected chi connectivity index (χ2v) is 19.9. The van der Waals surface area contributed by atoms with E-state index in [9.17, 15) is 38.4 Å². The van der Waals surface area contributed by atoms with E-state index in [1.54, 1.807) is 146 Å². The van der Waals surface area contributed by atoms with Gasteiger partial charge in [-0.25, -0.2) is 0 Å². The second-order valence-electron chi connectivity index (χ2n) is 19.9. The van der Waals surface area contributed by atoms with Crippen LogP contribution in [0.5, 0.6) is 0 Å². The zero-order valence-electron chi connectivity index (χ0n) is 46.8. The van der Waals surface area contributed by atoms with Crippen molar-refractivity contribution >= 4 is 81.4 Å². The Labute approximate surface area is 496 Å². The summed E-state index contributed by atoms with van der Waals surface area (Å²) in [5, 5.41) is 22.8. The molecular formula is C70H58N8O8. The van der Waals surface area contributed by atoms with E-state index in [1.807, 2.05) is 80.6 Å². The minimum Gasteiger partial charge on any atom is -0.326 e. The Morgan fingerprint density at radius 1 is 0.384 bits per heavy atom. The van der Waals surface area contributed by atoms with Crippen LogP contribution in [-0.2, 0) is 0 Å². The monoisotopic (exact) mass is 1140 g/mol. The van der Waals surface area contributed by atoms with Crippen LogP contribution in [0.1, 0.15) is 103 Å². The molecule has 8 aromatic rings. The minimum absolute atomic E-state index is 0.0116. The van der Waals surface area contributed by atoms with Crippen LogP contribution in [0.2, 0.25) is 0 Å². The van der Waals surface area contributed by atoms with Gasteiger partial charge in [-0.15, -0.1) is 0 Å². The predicted octanol–water partition coefficient (Wildman–Crippen LogP) is 13.2. The number of para-hydroxylation sites is 2. The zero-order valence-corrected chi connectivity index (χ0v) is 46.8. The molecule has 16 heteroatoms. The lowest BCUT2D eigenvalue weighted by atomic mass is 9.89. The van der Waals surface area contributed by atoms with Gasteiger partial charge in [-0.3, -0.25) is 38.4 Å². The largest absolute Gasteiger partial charge is 0.326 e. The van der Waals surface area contributed by atoms with Crippen LogP contribution in [-0.4, -0.2) is 47.3 Å². The summed E-state index contributed by atoms with van der Waals surface area (Å²) >= 11 is 0. The molecule has 8 aromatic carbocycles. The molecule has 1 unspecified atom stereocenters. The van der Waals surface area contributed by atoms with E-state index in [1.165, 1.54) is 24.3 Å². The van der Waals surface area contributed by atoms with Gasteiger partial charge in [-0.2, -0.15) is 0 Å². The van der Waals surface area contributed by atoms with E-state index < -0.39 is 23.6 Å². The number of hydrogen-bond acceptors (Lipinski definition) is 8.